The van der Waals surface area contributed by atoms with Crippen LogP contribution in [0.25, 0.3) is 34.6 Å². The van der Waals surface area contributed by atoms with Crippen LogP contribution in [0, 0.1) is 10.1 Å². The Morgan fingerprint density at radius 3 is 2.68 bits per heavy atom. The van der Waals surface area contributed by atoms with Gasteiger partial charge in [0.2, 0.25) is 5.89 Å². The summed E-state index contributed by atoms with van der Waals surface area (Å²) in [7, 11) is 0. The van der Waals surface area contributed by atoms with Gasteiger partial charge in [-0.1, -0.05) is 24.3 Å². The molecule has 6 nitrogen and oxygen atoms in total. The molecule has 2 aromatic carbocycles. The van der Waals surface area contributed by atoms with Crippen molar-refractivity contribution in [2.45, 2.75) is 0 Å². The van der Waals surface area contributed by atoms with Crippen LogP contribution in [-0.4, -0.2) is 9.91 Å². The highest BCUT2D eigenvalue weighted by molar-refractivity contribution is 5.75. The number of benzene rings is 2. The number of furan rings is 1. The fourth-order valence-electron chi connectivity index (χ4n) is 2.49. The number of nitro benzene ring substituents is 1. The molecule has 0 aliphatic heterocycles. The Hall–Kier alpha value is -3.67. The highest BCUT2D eigenvalue weighted by atomic mass is 16.6. The molecule has 2 heterocycles. The van der Waals surface area contributed by atoms with Crippen LogP contribution in [0.1, 0.15) is 11.7 Å². The van der Waals surface area contributed by atoms with Gasteiger partial charge in [-0.3, -0.25) is 10.1 Å². The minimum atomic E-state index is -0.430. The molecule has 2 aromatic heterocycles. The zero-order chi connectivity index (χ0) is 17.2. The van der Waals surface area contributed by atoms with Crippen LogP contribution in [0.15, 0.2) is 69.5 Å². The Morgan fingerprint density at radius 1 is 0.960 bits per heavy atom. The summed E-state index contributed by atoms with van der Waals surface area (Å²) in [4.78, 5) is 14.8. The van der Waals surface area contributed by atoms with Gasteiger partial charge in [-0.05, 0) is 30.3 Å². The zero-order valence-electron chi connectivity index (χ0n) is 13.0. The summed E-state index contributed by atoms with van der Waals surface area (Å²) in [5.41, 5.74) is 2.19. The van der Waals surface area contributed by atoms with Gasteiger partial charge in [0.1, 0.15) is 17.0 Å². The first-order valence-corrected chi connectivity index (χ1v) is 7.57. The zero-order valence-corrected chi connectivity index (χ0v) is 13.0. The predicted octanol–water partition coefficient (Wildman–Crippen LogP) is 5.17. The SMILES string of the molecule is O=[N+]([O-])c1cccc(-c2ccc(C=Cc3nc4ccccc4o3)o2)c1. The van der Waals surface area contributed by atoms with E-state index in [1.165, 1.54) is 12.1 Å². The van der Waals surface area contributed by atoms with Crippen molar-refractivity contribution in [1.82, 2.24) is 4.98 Å². The van der Waals surface area contributed by atoms with Crippen molar-refractivity contribution in [3.05, 3.63) is 82.4 Å². The van der Waals surface area contributed by atoms with Crippen LogP contribution in [-0.2, 0) is 0 Å². The summed E-state index contributed by atoms with van der Waals surface area (Å²) in [6, 6.07) is 17.4. The molecular weight excluding hydrogens is 320 g/mol. The predicted molar refractivity (Wildman–Crippen MR) is 93.7 cm³/mol. The van der Waals surface area contributed by atoms with Crippen LogP contribution >= 0.6 is 0 Å². The number of rotatable bonds is 4. The molecule has 122 valence electrons. The molecule has 0 fully saturated rings. The van der Waals surface area contributed by atoms with Gasteiger partial charge in [0, 0.05) is 23.8 Å². The van der Waals surface area contributed by atoms with Crippen molar-refractivity contribution in [3.8, 4) is 11.3 Å². The number of hydrogen-bond donors (Lipinski definition) is 0. The van der Waals surface area contributed by atoms with Crippen LogP contribution in [0.3, 0.4) is 0 Å². The maximum atomic E-state index is 10.9. The van der Waals surface area contributed by atoms with E-state index in [0.717, 1.165) is 11.1 Å². The summed E-state index contributed by atoms with van der Waals surface area (Å²) in [6.45, 7) is 0. The quantitative estimate of drug-likeness (QED) is 0.380. The molecule has 4 aromatic rings. The highest BCUT2D eigenvalue weighted by Crippen LogP contribution is 2.26. The molecule has 0 unspecified atom stereocenters. The summed E-state index contributed by atoms with van der Waals surface area (Å²) in [6.07, 6.45) is 3.46. The number of aromatic nitrogens is 1. The fraction of sp³-hybridized carbons (Fsp3) is 0. The standard InChI is InChI=1S/C19H12N2O4/c22-21(23)14-5-3-4-13(12-14)17-10-8-15(24-17)9-11-19-20-16-6-1-2-7-18(16)25-19/h1-12H. The monoisotopic (exact) mass is 332 g/mol. The van der Waals surface area contributed by atoms with Crippen molar-refractivity contribution in [2.75, 3.05) is 0 Å². The number of non-ortho nitro benzene ring substituents is 1. The molecule has 0 amide bonds. The molecule has 25 heavy (non-hydrogen) atoms. The number of nitrogens with zero attached hydrogens (tertiary/aromatic N) is 2. The summed E-state index contributed by atoms with van der Waals surface area (Å²) >= 11 is 0. The van der Waals surface area contributed by atoms with Gasteiger partial charge in [0.05, 0.1) is 4.92 Å². The first-order valence-electron chi connectivity index (χ1n) is 7.57. The van der Waals surface area contributed by atoms with E-state index in [4.69, 9.17) is 8.83 Å². The third-order valence-electron chi connectivity index (χ3n) is 3.67. The van der Waals surface area contributed by atoms with Crippen LogP contribution in [0.2, 0.25) is 0 Å². The van der Waals surface area contributed by atoms with Gasteiger partial charge in [0.25, 0.3) is 5.69 Å². The Bertz CT molecular complexity index is 1060. The van der Waals surface area contributed by atoms with Crippen molar-refractivity contribution < 1.29 is 13.8 Å². The van der Waals surface area contributed by atoms with Gasteiger partial charge < -0.3 is 8.83 Å². The third kappa shape index (κ3) is 3.05. The molecule has 4 rings (SSSR count). The first-order chi connectivity index (χ1) is 12.2. The maximum absolute atomic E-state index is 10.9. The van der Waals surface area contributed by atoms with Crippen LogP contribution < -0.4 is 0 Å². The van der Waals surface area contributed by atoms with E-state index >= 15 is 0 Å². The van der Waals surface area contributed by atoms with Gasteiger partial charge in [-0.25, -0.2) is 4.98 Å². The Labute approximate surface area is 142 Å². The summed E-state index contributed by atoms with van der Waals surface area (Å²) in [5.74, 6) is 1.64. The number of hydrogen-bond acceptors (Lipinski definition) is 5. The van der Waals surface area contributed by atoms with E-state index in [0.29, 0.717) is 23.0 Å². The molecule has 0 N–H and O–H groups in total. The Morgan fingerprint density at radius 2 is 1.84 bits per heavy atom. The van der Waals surface area contributed by atoms with Gasteiger partial charge in [-0.2, -0.15) is 0 Å². The average molecular weight is 332 g/mol. The second-order valence-electron chi connectivity index (χ2n) is 5.36. The van der Waals surface area contributed by atoms with E-state index in [1.807, 2.05) is 24.3 Å². The van der Waals surface area contributed by atoms with E-state index in [-0.39, 0.29) is 5.69 Å². The van der Waals surface area contributed by atoms with Gasteiger partial charge in [-0.15, -0.1) is 0 Å². The molecule has 0 atom stereocenters. The number of fused-ring (bicyclic) bond motifs is 1. The summed E-state index contributed by atoms with van der Waals surface area (Å²) < 4.78 is 11.3. The van der Waals surface area contributed by atoms with E-state index in [2.05, 4.69) is 4.98 Å². The molecule has 0 radical (unpaired) electrons. The van der Waals surface area contributed by atoms with Crippen LogP contribution in [0.4, 0.5) is 5.69 Å². The first kappa shape index (κ1) is 14.9. The smallest absolute Gasteiger partial charge is 0.270 e. The lowest BCUT2D eigenvalue weighted by molar-refractivity contribution is -0.384. The Kier molecular flexibility index (Phi) is 3.63. The lowest BCUT2D eigenvalue weighted by Crippen LogP contribution is -1.87. The minimum Gasteiger partial charge on any atom is -0.457 e. The Balaban J connectivity index is 1.58. The van der Waals surface area contributed by atoms with E-state index in [9.17, 15) is 10.1 Å². The maximum Gasteiger partial charge on any atom is 0.270 e. The molecule has 0 aliphatic rings. The van der Waals surface area contributed by atoms with Crippen molar-refractivity contribution >= 4 is 28.9 Å². The second-order valence-corrected chi connectivity index (χ2v) is 5.36. The number of nitro groups is 1. The minimum absolute atomic E-state index is 0.0254. The van der Waals surface area contributed by atoms with E-state index < -0.39 is 4.92 Å². The molecule has 0 saturated heterocycles. The van der Waals surface area contributed by atoms with Gasteiger partial charge in [0.15, 0.2) is 5.58 Å². The number of para-hydroxylation sites is 2. The summed E-state index contributed by atoms with van der Waals surface area (Å²) in [5, 5.41) is 10.9. The highest BCUT2D eigenvalue weighted by Gasteiger charge is 2.09. The normalized spacial score (nSPS) is 11.4. The topological polar surface area (TPSA) is 82.3 Å². The molecule has 0 bridgehead atoms. The molecular formula is C19H12N2O4. The molecule has 0 spiro atoms. The van der Waals surface area contributed by atoms with E-state index in [1.54, 1.807) is 36.4 Å². The molecule has 0 saturated carbocycles. The molecule has 6 heteroatoms. The fourth-order valence-corrected chi connectivity index (χ4v) is 2.49. The third-order valence-corrected chi connectivity index (χ3v) is 3.67. The average Bonchev–Trinajstić information content (AvgIpc) is 3.26. The molecule has 0 aliphatic carbocycles. The lowest BCUT2D eigenvalue weighted by Gasteiger charge is -1.96. The van der Waals surface area contributed by atoms with Crippen molar-refractivity contribution in [1.29, 1.82) is 0 Å². The van der Waals surface area contributed by atoms with Gasteiger partial charge >= 0.3 is 0 Å². The largest absolute Gasteiger partial charge is 0.457 e. The lowest BCUT2D eigenvalue weighted by atomic mass is 10.1. The van der Waals surface area contributed by atoms with Crippen LogP contribution in [0.5, 0.6) is 0 Å². The van der Waals surface area contributed by atoms with Crippen molar-refractivity contribution in [2.24, 2.45) is 0 Å². The second kappa shape index (κ2) is 6.09. The van der Waals surface area contributed by atoms with Crippen molar-refractivity contribution in [3.63, 3.8) is 0 Å². The number of oxazole rings is 1.